The van der Waals surface area contributed by atoms with Crippen LogP contribution in [0.25, 0.3) is 0 Å². The minimum atomic E-state index is -1.03. The Morgan fingerprint density at radius 2 is 1.95 bits per heavy atom. The Balaban J connectivity index is 2.03. The lowest BCUT2D eigenvalue weighted by molar-refractivity contribution is -0.155. The zero-order valence-electron chi connectivity index (χ0n) is 10.8. The molecule has 1 fully saturated rings. The number of carbonyl (C=O) groups is 2. The number of likely N-dealkylation sites (tertiary alicyclic amines) is 1. The van der Waals surface area contributed by atoms with E-state index in [2.05, 4.69) is 0 Å². The average Bonchev–Trinajstić information content (AvgIpc) is 2.35. The molecule has 0 aliphatic carbocycles. The van der Waals surface area contributed by atoms with Crippen LogP contribution in [0, 0.1) is 0 Å². The second kappa shape index (κ2) is 5.01. The zero-order chi connectivity index (χ0) is 14.0. The second-order valence-electron chi connectivity index (χ2n) is 4.97. The van der Waals surface area contributed by atoms with Crippen molar-refractivity contribution in [3.05, 3.63) is 35.4 Å². The Hall–Kier alpha value is -1.88. The van der Waals surface area contributed by atoms with Crippen LogP contribution in [-0.4, -0.2) is 45.7 Å². The maximum absolute atomic E-state index is 12.0. The van der Waals surface area contributed by atoms with Crippen LogP contribution in [0.15, 0.2) is 24.3 Å². The van der Waals surface area contributed by atoms with Crippen LogP contribution in [-0.2, 0) is 11.2 Å². The molecular formula is C14H17NO4. The maximum atomic E-state index is 12.0. The van der Waals surface area contributed by atoms with E-state index in [9.17, 15) is 14.7 Å². The molecule has 2 N–H and O–H groups in total. The zero-order valence-corrected chi connectivity index (χ0v) is 10.8. The van der Waals surface area contributed by atoms with Crippen molar-refractivity contribution < 1.29 is 19.8 Å². The molecule has 0 unspecified atom stereocenters. The third kappa shape index (κ3) is 2.76. The van der Waals surface area contributed by atoms with Crippen LogP contribution in [0.4, 0.5) is 0 Å². The molecule has 0 radical (unpaired) electrons. The molecule has 1 aliphatic heterocycles. The van der Waals surface area contributed by atoms with E-state index in [0.29, 0.717) is 25.1 Å². The molecule has 19 heavy (non-hydrogen) atoms. The summed E-state index contributed by atoms with van der Waals surface area (Å²) in [4.78, 5) is 24.6. The third-order valence-corrected chi connectivity index (χ3v) is 3.57. The molecule has 5 heteroatoms. The van der Waals surface area contributed by atoms with Gasteiger partial charge in [-0.2, -0.15) is 0 Å². The molecule has 1 saturated heterocycles. The van der Waals surface area contributed by atoms with Crippen molar-refractivity contribution in [2.24, 2.45) is 0 Å². The second-order valence-corrected chi connectivity index (χ2v) is 4.97. The number of carboxylic acid groups (broad SMARTS) is 1. The Bertz CT molecular complexity index is 506. The summed E-state index contributed by atoms with van der Waals surface area (Å²) in [5.74, 6) is -1.18. The monoisotopic (exact) mass is 263 g/mol. The van der Waals surface area contributed by atoms with Crippen LogP contribution in [0.5, 0.6) is 0 Å². The first kappa shape index (κ1) is 13.5. The summed E-state index contributed by atoms with van der Waals surface area (Å²) in [6, 6.07) is 6.49. The molecule has 5 nitrogen and oxygen atoms in total. The summed E-state index contributed by atoms with van der Waals surface area (Å²) in [6.45, 7) is 2.54. The predicted molar refractivity (Wildman–Crippen MR) is 68.9 cm³/mol. The molecule has 1 aliphatic rings. The Morgan fingerprint density at radius 3 is 2.53 bits per heavy atom. The summed E-state index contributed by atoms with van der Waals surface area (Å²) in [5, 5.41) is 18.9. The molecule has 1 amide bonds. The molecule has 2 rings (SSSR count). The molecule has 0 bridgehead atoms. The van der Waals surface area contributed by atoms with Gasteiger partial charge in [0.25, 0.3) is 0 Å². The highest BCUT2D eigenvalue weighted by atomic mass is 16.4. The van der Waals surface area contributed by atoms with Gasteiger partial charge in [0.15, 0.2) is 0 Å². The van der Waals surface area contributed by atoms with Gasteiger partial charge in [0.05, 0.1) is 30.7 Å². The molecule has 0 spiro atoms. The summed E-state index contributed by atoms with van der Waals surface area (Å²) >= 11 is 0. The molecule has 1 aromatic carbocycles. The van der Waals surface area contributed by atoms with Crippen molar-refractivity contribution in [3.63, 3.8) is 0 Å². The maximum Gasteiger partial charge on any atom is 0.335 e. The number of carboxylic acids is 1. The van der Waals surface area contributed by atoms with Crippen LogP contribution in [0.3, 0.4) is 0 Å². The minimum absolute atomic E-state index is 0.0578. The highest BCUT2D eigenvalue weighted by Crippen LogP contribution is 2.25. The Morgan fingerprint density at radius 1 is 1.32 bits per heavy atom. The van der Waals surface area contributed by atoms with Gasteiger partial charge in [-0.1, -0.05) is 25.1 Å². The van der Waals surface area contributed by atoms with Crippen molar-refractivity contribution in [3.8, 4) is 0 Å². The SMILES string of the molecule is CCC1(O)CN(C(=O)Cc2ccccc2C(=O)O)C1. The first-order valence-corrected chi connectivity index (χ1v) is 6.26. The molecule has 102 valence electrons. The van der Waals surface area contributed by atoms with Crippen LogP contribution in [0.2, 0.25) is 0 Å². The normalized spacial score (nSPS) is 16.8. The smallest absolute Gasteiger partial charge is 0.335 e. The van der Waals surface area contributed by atoms with Crippen molar-refractivity contribution >= 4 is 11.9 Å². The van der Waals surface area contributed by atoms with Crippen molar-refractivity contribution in [1.82, 2.24) is 4.90 Å². The van der Waals surface area contributed by atoms with Crippen LogP contribution < -0.4 is 0 Å². The summed E-state index contributed by atoms with van der Waals surface area (Å²) in [6.07, 6.45) is 0.671. The van der Waals surface area contributed by atoms with Gasteiger partial charge in [-0.3, -0.25) is 4.79 Å². The standard InChI is InChI=1S/C14H17NO4/c1-2-14(19)8-15(9-14)12(16)7-10-5-3-4-6-11(10)13(17)18/h3-6,19H,2,7-9H2,1H3,(H,17,18). The van der Waals surface area contributed by atoms with E-state index in [-0.39, 0.29) is 17.9 Å². The third-order valence-electron chi connectivity index (χ3n) is 3.57. The topological polar surface area (TPSA) is 77.8 Å². The summed E-state index contributed by atoms with van der Waals surface area (Å²) < 4.78 is 0. The van der Waals surface area contributed by atoms with E-state index in [1.54, 1.807) is 23.1 Å². The van der Waals surface area contributed by atoms with E-state index in [1.807, 2.05) is 6.92 Å². The van der Waals surface area contributed by atoms with E-state index in [4.69, 9.17) is 5.11 Å². The van der Waals surface area contributed by atoms with E-state index >= 15 is 0 Å². The summed E-state index contributed by atoms with van der Waals surface area (Å²) in [5.41, 5.74) is -0.101. The number of rotatable bonds is 4. The van der Waals surface area contributed by atoms with Gasteiger partial charge < -0.3 is 15.1 Å². The fourth-order valence-corrected chi connectivity index (χ4v) is 2.22. The quantitative estimate of drug-likeness (QED) is 0.846. The largest absolute Gasteiger partial charge is 0.478 e. The van der Waals surface area contributed by atoms with E-state index in [1.165, 1.54) is 6.07 Å². The minimum Gasteiger partial charge on any atom is -0.478 e. The Labute approximate surface area is 111 Å². The number of hydrogen-bond donors (Lipinski definition) is 2. The Kier molecular flexibility index (Phi) is 3.57. The lowest BCUT2D eigenvalue weighted by Crippen LogP contribution is -2.63. The molecule has 0 saturated carbocycles. The van der Waals surface area contributed by atoms with Gasteiger partial charge in [0, 0.05) is 0 Å². The van der Waals surface area contributed by atoms with Crippen molar-refractivity contribution in [2.45, 2.75) is 25.4 Å². The number of aromatic carboxylic acids is 1. The highest BCUT2D eigenvalue weighted by molar-refractivity contribution is 5.91. The first-order chi connectivity index (χ1) is 8.95. The average molecular weight is 263 g/mol. The highest BCUT2D eigenvalue weighted by Gasteiger charge is 2.41. The van der Waals surface area contributed by atoms with Crippen LogP contribution >= 0.6 is 0 Å². The predicted octanol–water partition coefficient (Wildman–Crippen LogP) is 0.911. The van der Waals surface area contributed by atoms with Gasteiger partial charge in [-0.05, 0) is 18.1 Å². The van der Waals surface area contributed by atoms with Crippen molar-refractivity contribution in [1.29, 1.82) is 0 Å². The number of aliphatic hydroxyl groups is 1. The number of β-amino-alcohol motifs (C(OH)–C–C–N with tert-alkyl or cyclic N) is 1. The molecular weight excluding hydrogens is 246 g/mol. The number of carbonyl (C=O) groups excluding carboxylic acids is 1. The number of amides is 1. The molecule has 1 aromatic rings. The van der Waals surface area contributed by atoms with Gasteiger partial charge >= 0.3 is 5.97 Å². The molecule has 0 atom stereocenters. The molecule has 1 heterocycles. The lowest BCUT2D eigenvalue weighted by Gasteiger charge is -2.46. The summed E-state index contributed by atoms with van der Waals surface area (Å²) in [7, 11) is 0. The fourth-order valence-electron chi connectivity index (χ4n) is 2.22. The van der Waals surface area contributed by atoms with Gasteiger partial charge in [0.2, 0.25) is 5.91 Å². The fraction of sp³-hybridized carbons (Fsp3) is 0.429. The van der Waals surface area contributed by atoms with Crippen molar-refractivity contribution in [2.75, 3.05) is 13.1 Å². The lowest BCUT2D eigenvalue weighted by atomic mass is 9.90. The van der Waals surface area contributed by atoms with E-state index < -0.39 is 11.6 Å². The van der Waals surface area contributed by atoms with Gasteiger partial charge in [-0.25, -0.2) is 4.79 Å². The van der Waals surface area contributed by atoms with E-state index in [0.717, 1.165) is 0 Å². The van der Waals surface area contributed by atoms with Gasteiger partial charge in [-0.15, -0.1) is 0 Å². The number of hydrogen-bond acceptors (Lipinski definition) is 3. The van der Waals surface area contributed by atoms with Crippen LogP contribution in [0.1, 0.15) is 29.3 Å². The number of nitrogens with zero attached hydrogens (tertiary/aromatic N) is 1. The molecule has 0 aromatic heterocycles. The first-order valence-electron chi connectivity index (χ1n) is 6.26. The number of benzene rings is 1. The van der Waals surface area contributed by atoms with Gasteiger partial charge in [0.1, 0.15) is 0 Å².